The van der Waals surface area contributed by atoms with Crippen LogP contribution in [-0.4, -0.2) is 115 Å². The minimum atomic E-state index is -0.940. The van der Waals surface area contributed by atoms with E-state index in [1.807, 2.05) is 35.2 Å². The van der Waals surface area contributed by atoms with Gasteiger partial charge < -0.3 is 19.6 Å². The molecular formula is C37H41Cl2N9O5. The first-order chi connectivity index (χ1) is 25.6. The number of hydrogen-bond donors (Lipinski definition) is 2. The van der Waals surface area contributed by atoms with E-state index in [0.717, 1.165) is 12.0 Å². The van der Waals surface area contributed by atoms with Crippen molar-refractivity contribution in [2.75, 3.05) is 46.4 Å². The van der Waals surface area contributed by atoms with Gasteiger partial charge in [0.1, 0.15) is 18.1 Å². The first-order valence-electron chi connectivity index (χ1n) is 17.7. The molecule has 2 aromatic heterocycles. The summed E-state index contributed by atoms with van der Waals surface area (Å²) in [5.74, 6) is -0.868. The van der Waals surface area contributed by atoms with Crippen molar-refractivity contribution in [3.05, 3.63) is 94.0 Å². The van der Waals surface area contributed by atoms with Gasteiger partial charge in [0.05, 0.1) is 39.5 Å². The summed E-state index contributed by atoms with van der Waals surface area (Å²) >= 11 is 12.9. The number of benzene rings is 2. The average Bonchev–Trinajstić information content (AvgIpc) is 3.98. The lowest BCUT2D eigenvalue weighted by atomic mass is 9.73. The van der Waals surface area contributed by atoms with Gasteiger partial charge in [-0.3, -0.25) is 24.8 Å². The largest absolute Gasteiger partial charge is 0.496 e. The maximum Gasteiger partial charge on any atom is 0.322 e. The van der Waals surface area contributed by atoms with Crippen molar-refractivity contribution in [2.24, 2.45) is 0 Å². The van der Waals surface area contributed by atoms with Crippen molar-refractivity contribution >= 4 is 41.0 Å². The van der Waals surface area contributed by atoms with Crippen LogP contribution in [-0.2, 0) is 20.4 Å². The minimum Gasteiger partial charge on any atom is -0.496 e. The fraction of sp³-hybridized carbons (Fsp3) is 0.432. The smallest absolute Gasteiger partial charge is 0.322 e. The summed E-state index contributed by atoms with van der Waals surface area (Å²) < 4.78 is 7.09. The number of carboxylic acid groups (broad SMARTS) is 1. The number of methoxy groups -OCH3 is 1. The van der Waals surface area contributed by atoms with E-state index in [9.17, 15) is 19.5 Å². The monoisotopic (exact) mass is 761 g/mol. The summed E-state index contributed by atoms with van der Waals surface area (Å²) in [6.45, 7) is 3.44. The molecule has 0 aliphatic carbocycles. The van der Waals surface area contributed by atoms with Gasteiger partial charge in [0.15, 0.2) is 0 Å². The van der Waals surface area contributed by atoms with Crippen LogP contribution in [0.15, 0.2) is 67.1 Å². The molecule has 3 aliphatic rings. The van der Waals surface area contributed by atoms with Gasteiger partial charge in [0, 0.05) is 31.2 Å². The highest BCUT2D eigenvalue weighted by atomic mass is 35.5. The molecule has 0 bridgehead atoms. The van der Waals surface area contributed by atoms with E-state index in [0.29, 0.717) is 104 Å². The summed E-state index contributed by atoms with van der Waals surface area (Å²) in [4.78, 5) is 49.0. The zero-order valence-corrected chi connectivity index (χ0v) is 30.8. The van der Waals surface area contributed by atoms with Gasteiger partial charge in [-0.15, -0.1) is 5.10 Å². The molecule has 0 saturated carbocycles. The Labute approximate surface area is 317 Å². The molecule has 53 heavy (non-hydrogen) atoms. The third-order valence-corrected chi connectivity index (χ3v) is 11.9. The van der Waals surface area contributed by atoms with Crippen LogP contribution in [0.4, 0.5) is 0 Å². The van der Waals surface area contributed by atoms with Gasteiger partial charge >= 0.3 is 5.97 Å². The van der Waals surface area contributed by atoms with Gasteiger partial charge in [-0.1, -0.05) is 35.3 Å². The van der Waals surface area contributed by atoms with Crippen molar-refractivity contribution in [3.8, 4) is 11.4 Å². The van der Waals surface area contributed by atoms with Crippen LogP contribution in [0, 0.1) is 0 Å². The number of halogens is 2. The summed E-state index contributed by atoms with van der Waals surface area (Å²) in [7, 11) is 1.54. The number of carbonyl (C=O) groups is 3. The molecule has 0 radical (unpaired) electrons. The van der Waals surface area contributed by atoms with Crippen molar-refractivity contribution in [2.45, 2.75) is 55.4 Å². The number of rotatable bonds is 11. The van der Waals surface area contributed by atoms with Crippen molar-refractivity contribution < 1.29 is 24.2 Å². The van der Waals surface area contributed by atoms with E-state index in [-0.39, 0.29) is 11.8 Å². The number of likely N-dealkylation sites (tertiary alicyclic amines) is 2. The predicted molar refractivity (Wildman–Crippen MR) is 196 cm³/mol. The molecule has 2 atom stereocenters. The van der Waals surface area contributed by atoms with Crippen molar-refractivity contribution in [1.82, 2.24) is 45.4 Å². The van der Waals surface area contributed by atoms with E-state index in [1.54, 1.807) is 35.5 Å². The Hall–Kier alpha value is -4.63. The van der Waals surface area contributed by atoms with Crippen molar-refractivity contribution in [1.29, 1.82) is 0 Å². The number of aliphatic carboxylic acids is 1. The molecule has 278 valence electrons. The number of aromatic nitrogens is 5. The molecule has 7 rings (SSSR count). The number of piperidine rings is 1. The summed E-state index contributed by atoms with van der Waals surface area (Å²) in [5.41, 5.74) is 4.38. The predicted octanol–water partition coefficient (Wildman–Crippen LogP) is 4.16. The molecule has 2 aromatic carbocycles. The summed E-state index contributed by atoms with van der Waals surface area (Å²) in [5, 5.41) is 23.6. The third kappa shape index (κ3) is 7.33. The van der Waals surface area contributed by atoms with Gasteiger partial charge in [0.2, 0.25) is 5.91 Å². The van der Waals surface area contributed by atoms with Crippen LogP contribution >= 0.6 is 23.2 Å². The fourth-order valence-electron chi connectivity index (χ4n) is 8.08. The van der Waals surface area contributed by atoms with E-state index >= 15 is 0 Å². The molecule has 16 heteroatoms. The van der Waals surface area contributed by atoms with Gasteiger partial charge in [-0.05, 0) is 117 Å². The molecular weight excluding hydrogens is 721 g/mol. The van der Waals surface area contributed by atoms with Crippen LogP contribution in [0.5, 0.6) is 5.75 Å². The molecule has 4 aromatic rings. The topological polar surface area (TPSA) is 159 Å². The van der Waals surface area contributed by atoms with Gasteiger partial charge in [0.25, 0.3) is 5.91 Å². The number of ether oxygens (including phenoxy) is 1. The Morgan fingerprint density at radius 1 is 1.00 bits per heavy atom. The Morgan fingerprint density at radius 3 is 2.53 bits per heavy atom. The summed E-state index contributed by atoms with van der Waals surface area (Å²) in [6.07, 6.45) is 6.83. The van der Waals surface area contributed by atoms with Gasteiger partial charge in [-0.25, -0.2) is 9.69 Å². The number of hydrogen-bond acceptors (Lipinski definition) is 10. The number of carboxylic acids is 1. The number of nitrogens with zero attached hydrogens (tertiary/aromatic N) is 8. The highest BCUT2D eigenvalue weighted by Gasteiger charge is 2.47. The normalized spacial score (nSPS) is 21.8. The first kappa shape index (κ1) is 36.7. The highest BCUT2D eigenvalue weighted by molar-refractivity contribution is 6.42. The standard InChI is InChI=1S/C37H41Cl2N9O5/c1-53-31-10-8-26(48-24-41-43-44-48)22-27(31)33(49)46-20-12-36(23-46,25-7-9-28(38)29(39)21-25)11-17-45-18-13-37(14-19-45,32-6-2-3-15-40-32)35(52)42-47-16-4-5-30(47)34(50)51/h2-3,6-10,15,21-22,24,30H,4-5,11-14,16-20,23H2,1H3,(H,42,52)(H,50,51). The molecule has 3 saturated heterocycles. The van der Waals surface area contributed by atoms with Crippen LogP contribution in [0.25, 0.3) is 5.69 Å². The van der Waals surface area contributed by atoms with Gasteiger partial charge in [-0.2, -0.15) is 0 Å². The van der Waals surface area contributed by atoms with Crippen LogP contribution in [0.1, 0.15) is 60.1 Å². The van der Waals surface area contributed by atoms with E-state index in [2.05, 4.69) is 30.8 Å². The van der Waals surface area contributed by atoms with Crippen molar-refractivity contribution in [3.63, 3.8) is 0 Å². The Balaban J connectivity index is 1.09. The number of tetrazole rings is 1. The number of pyridine rings is 1. The molecule has 14 nitrogen and oxygen atoms in total. The van der Waals surface area contributed by atoms with Crippen LogP contribution < -0.4 is 10.2 Å². The first-order valence-corrected chi connectivity index (χ1v) is 18.5. The SMILES string of the molecule is COc1ccc(-n2cnnn2)cc1C(=O)N1CCC(CCN2CCC(C(=O)NN3CCCC3C(=O)O)(c3ccccn3)CC2)(c2ccc(Cl)c(Cl)c2)C1. The molecule has 3 fully saturated rings. The zero-order chi connectivity index (χ0) is 37.2. The lowest BCUT2D eigenvalue weighted by molar-refractivity contribution is -0.146. The number of amides is 2. The quantitative estimate of drug-likeness (QED) is 0.226. The lowest BCUT2D eigenvalue weighted by Crippen LogP contribution is -2.58. The van der Waals surface area contributed by atoms with E-state index in [1.165, 1.54) is 18.1 Å². The molecule has 2 N–H and O–H groups in total. The Morgan fingerprint density at radius 2 is 1.83 bits per heavy atom. The molecule has 2 amide bonds. The minimum absolute atomic E-state index is 0.161. The maximum atomic E-state index is 14.2. The summed E-state index contributed by atoms with van der Waals surface area (Å²) in [6, 6.07) is 15.8. The number of nitrogens with one attached hydrogen (secondary N) is 1. The van der Waals surface area contributed by atoms with Crippen LogP contribution in [0.2, 0.25) is 10.0 Å². The highest BCUT2D eigenvalue weighted by Crippen LogP contribution is 2.42. The Bertz CT molecular complexity index is 1960. The zero-order valence-electron chi connectivity index (χ0n) is 29.3. The second-order valence-electron chi connectivity index (χ2n) is 14.0. The number of hydrazine groups is 1. The number of carbonyl (C=O) groups excluding carboxylic acids is 2. The van der Waals surface area contributed by atoms with E-state index < -0.39 is 22.8 Å². The molecule has 3 aliphatic heterocycles. The molecule has 2 unspecified atom stereocenters. The average molecular weight is 763 g/mol. The molecule has 5 heterocycles. The second-order valence-corrected chi connectivity index (χ2v) is 14.9. The second kappa shape index (κ2) is 15.4. The van der Waals surface area contributed by atoms with Crippen LogP contribution in [0.3, 0.4) is 0 Å². The fourth-order valence-corrected chi connectivity index (χ4v) is 8.38. The van der Waals surface area contributed by atoms with E-state index in [4.69, 9.17) is 27.9 Å². The molecule has 0 spiro atoms. The third-order valence-electron chi connectivity index (χ3n) is 11.2. The lowest BCUT2D eigenvalue weighted by Gasteiger charge is -2.42. The maximum absolute atomic E-state index is 14.2. The Kier molecular flexibility index (Phi) is 10.7.